The number of carbonyl (C=O) groups is 1. The van der Waals surface area contributed by atoms with Crippen molar-refractivity contribution in [3.05, 3.63) is 82.4 Å². The Morgan fingerprint density at radius 2 is 1.81 bits per heavy atom. The van der Waals surface area contributed by atoms with E-state index in [1.165, 1.54) is 0 Å². The van der Waals surface area contributed by atoms with Gasteiger partial charge in [0.1, 0.15) is 5.82 Å². The Balaban J connectivity index is 1.62. The molecule has 0 aliphatic heterocycles. The van der Waals surface area contributed by atoms with Gasteiger partial charge in [-0.3, -0.25) is 4.79 Å². The Morgan fingerprint density at radius 3 is 2.59 bits per heavy atom. The summed E-state index contributed by atoms with van der Waals surface area (Å²) in [6.07, 6.45) is 0. The van der Waals surface area contributed by atoms with Crippen molar-refractivity contribution in [3.63, 3.8) is 0 Å². The highest BCUT2D eigenvalue weighted by Crippen LogP contribution is 2.26. The molecule has 0 aliphatic rings. The second-order valence-electron chi connectivity index (χ2n) is 6.60. The number of benzene rings is 3. The van der Waals surface area contributed by atoms with Crippen molar-refractivity contribution in [3.8, 4) is 11.4 Å². The molecule has 2 N–H and O–H groups in total. The highest BCUT2D eigenvalue weighted by Gasteiger charge is 2.10. The van der Waals surface area contributed by atoms with Crippen molar-refractivity contribution in [1.29, 1.82) is 0 Å². The number of aryl methyl sites for hydroxylation is 2. The average Bonchev–Trinajstić information content (AvgIpc) is 3.05. The molecule has 27 heavy (non-hydrogen) atoms. The van der Waals surface area contributed by atoms with Gasteiger partial charge in [0.25, 0.3) is 5.91 Å². The van der Waals surface area contributed by atoms with Crippen LogP contribution in [-0.2, 0) is 0 Å². The fraction of sp³-hybridized carbons (Fsp3) is 0.0909. The quantitative estimate of drug-likeness (QED) is 0.478. The number of aromatic nitrogens is 2. The second-order valence-corrected chi connectivity index (χ2v) is 7.01. The SMILES string of the molecule is Cc1ccc(C(=O)Nc2cccc(-c3nc4cc(Cl)c(C)cc4[nH]3)c2)cc1. The highest BCUT2D eigenvalue weighted by molar-refractivity contribution is 6.32. The number of rotatable bonds is 3. The van der Waals surface area contributed by atoms with Crippen LogP contribution in [0.25, 0.3) is 22.4 Å². The fourth-order valence-electron chi connectivity index (χ4n) is 2.93. The molecule has 4 rings (SSSR count). The predicted molar refractivity (Wildman–Crippen MR) is 110 cm³/mol. The van der Waals surface area contributed by atoms with Gasteiger partial charge in [0.2, 0.25) is 0 Å². The van der Waals surface area contributed by atoms with Gasteiger partial charge in [-0.2, -0.15) is 0 Å². The third-order valence-electron chi connectivity index (χ3n) is 4.47. The van der Waals surface area contributed by atoms with E-state index in [0.717, 1.165) is 33.5 Å². The monoisotopic (exact) mass is 375 g/mol. The number of hydrogen-bond acceptors (Lipinski definition) is 2. The van der Waals surface area contributed by atoms with Crippen LogP contribution in [0.2, 0.25) is 5.02 Å². The second kappa shape index (κ2) is 6.89. The summed E-state index contributed by atoms with van der Waals surface area (Å²) < 4.78 is 0. The summed E-state index contributed by atoms with van der Waals surface area (Å²) in [5.41, 5.74) is 6.09. The van der Waals surface area contributed by atoms with Crippen molar-refractivity contribution in [2.24, 2.45) is 0 Å². The molecule has 0 saturated carbocycles. The zero-order valence-corrected chi connectivity index (χ0v) is 15.8. The van der Waals surface area contributed by atoms with Gasteiger partial charge in [-0.1, -0.05) is 41.4 Å². The minimum Gasteiger partial charge on any atom is -0.338 e. The Bertz CT molecular complexity index is 1110. The van der Waals surface area contributed by atoms with Crippen LogP contribution in [0, 0.1) is 13.8 Å². The Labute approximate surface area is 162 Å². The van der Waals surface area contributed by atoms with Crippen molar-refractivity contribution in [2.75, 3.05) is 5.32 Å². The molecule has 4 nitrogen and oxygen atoms in total. The lowest BCUT2D eigenvalue weighted by Gasteiger charge is -2.07. The summed E-state index contributed by atoms with van der Waals surface area (Å²) >= 11 is 6.19. The smallest absolute Gasteiger partial charge is 0.255 e. The van der Waals surface area contributed by atoms with Gasteiger partial charge >= 0.3 is 0 Å². The Kier molecular flexibility index (Phi) is 4.42. The van der Waals surface area contributed by atoms with Crippen LogP contribution in [0.5, 0.6) is 0 Å². The molecule has 0 fully saturated rings. The van der Waals surface area contributed by atoms with Gasteiger partial charge in [-0.25, -0.2) is 4.98 Å². The van der Waals surface area contributed by atoms with Crippen molar-refractivity contribution in [1.82, 2.24) is 9.97 Å². The molecule has 3 aromatic carbocycles. The molecule has 0 saturated heterocycles. The Morgan fingerprint density at radius 1 is 1.04 bits per heavy atom. The molecule has 1 amide bonds. The maximum absolute atomic E-state index is 12.4. The van der Waals surface area contributed by atoms with Crippen LogP contribution < -0.4 is 5.32 Å². The van der Waals surface area contributed by atoms with E-state index in [2.05, 4.69) is 15.3 Å². The van der Waals surface area contributed by atoms with Gasteiger partial charge < -0.3 is 10.3 Å². The molecule has 4 aromatic rings. The lowest BCUT2D eigenvalue weighted by Crippen LogP contribution is -2.11. The number of carbonyl (C=O) groups excluding carboxylic acids is 1. The van der Waals surface area contributed by atoms with Crippen LogP contribution in [-0.4, -0.2) is 15.9 Å². The number of fused-ring (bicyclic) bond motifs is 1. The van der Waals surface area contributed by atoms with E-state index >= 15 is 0 Å². The average molecular weight is 376 g/mol. The highest BCUT2D eigenvalue weighted by atomic mass is 35.5. The molecule has 0 aliphatic carbocycles. The van der Waals surface area contributed by atoms with E-state index in [-0.39, 0.29) is 5.91 Å². The lowest BCUT2D eigenvalue weighted by atomic mass is 10.1. The van der Waals surface area contributed by atoms with Crippen LogP contribution in [0.15, 0.2) is 60.7 Å². The first-order valence-corrected chi connectivity index (χ1v) is 9.02. The van der Waals surface area contributed by atoms with E-state index in [9.17, 15) is 4.79 Å². The van der Waals surface area contributed by atoms with Crippen LogP contribution in [0.1, 0.15) is 21.5 Å². The number of anilines is 1. The number of H-pyrrole nitrogens is 1. The predicted octanol–water partition coefficient (Wildman–Crippen LogP) is 5.75. The maximum Gasteiger partial charge on any atom is 0.255 e. The summed E-state index contributed by atoms with van der Waals surface area (Å²) in [5.74, 6) is 0.595. The number of halogens is 1. The molecule has 5 heteroatoms. The van der Waals surface area contributed by atoms with E-state index in [0.29, 0.717) is 16.3 Å². The summed E-state index contributed by atoms with van der Waals surface area (Å²) in [6.45, 7) is 3.96. The van der Waals surface area contributed by atoms with Crippen molar-refractivity contribution in [2.45, 2.75) is 13.8 Å². The van der Waals surface area contributed by atoms with Crippen LogP contribution in [0.4, 0.5) is 5.69 Å². The van der Waals surface area contributed by atoms with E-state index in [1.807, 2.05) is 74.5 Å². The van der Waals surface area contributed by atoms with Crippen molar-refractivity contribution >= 4 is 34.2 Å². The standard InChI is InChI=1S/C22H18ClN3O/c1-13-6-8-15(9-7-13)22(27)24-17-5-3-4-16(11-17)21-25-19-10-14(2)18(23)12-20(19)26-21/h3-12H,1-2H3,(H,24,27)(H,25,26). The summed E-state index contributed by atoms with van der Waals surface area (Å²) in [4.78, 5) is 20.4. The molecule has 0 atom stereocenters. The minimum atomic E-state index is -0.140. The minimum absolute atomic E-state index is 0.140. The maximum atomic E-state index is 12.4. The first kappa shape index (κ1) is 17.3. The zero-order chi connectivity index (χ0) is 19.0. The normalized spacial score (nSPS) is 10.9. The largest absolute Gasteiger partial charge is 0.338 e. The molecule has 0 radical (unpaired) electrons. The van der Waals surface area contributed by atoms with Gasteiger partial charge in [0, 0.05) is 21.8 Å². The number of nitrogens with zero attached hydrogens (tertiary/aromatic N) is 1. The molecule has 0 unspecified atom stereocenters. The molecular formula is C22H18ClN3O. The van der Waals surface area contributed by atoms with Gasteiger partial charge in [0.15, 0.2) is 0 Å². The Hall–Kier alpha value is -3.11. The van der Waals surface area contributed by atoms with E-state index in [4.69, 9.17) is 11.6 Å². The van der Waals surface area contributed by atoms with Gasteiger partial charge in [-0.15, -0.1) is 0 Å². The molecule has 1 aromatic heterocycles. The summed E-state index contributed by atoms with van der Waals surface area (Å²) in [6, 6.07) is 18.9. The molecule has 1 heterocycles. The lowest BCUT2D eigenvalue weighted by molar-refractivity contribution is 0.102. The number of imidazole rings is 1. The van der Waals surface area contributed by atoms with Gasteiger partial charge in [0.05, 0.1) is 11.0 Å². The first-order valence-electron chi connectivity index (χ1n) is 8.64. The van der Waals surface area contributed by atoms with Crippen LogP contribution in [0.3, 0.4) is 0 Å². The summed E-state index contributed by atoms with van der Waals surface area (Å²) in [5, 5.41) is 3.63. The molecule has 0 spiro atoms. The third-order valence-corrected chi connectivity index (χ3v) is 4.88. The van der Waals surface area contributed by atoms with Gasteiger partial charge in [-0.05, 0) is 55.8 Å². The topological polar surface area (TPSA) is 57.8 Å². The zero-order valence-electron chi connectivity index (χ0n) is 15.0. The number of aromatic amines is 1. The van der Waals surface area contributed by atoms with E-state index in [1.54, 1.807) is 0 Å². The van der Waals surface area contributed by atoms with Crippen molar-refractivity contribution < 1.29 is 4.79 Å². The fourth-order valence-corrected chi connectivity index (χ4v) is 3.09. The number of amides is 1. The third kappa shape index (κ3) is 3.57. The van der Waals surface area contributed by atoms with E-state index < -0.39 is 0 Å². The number of nitrogens with one attached hydrogen (secondary N) is 2. The molecular weight excluding hydrogens is 358 g/mol. The molecule has 134 valence electrons. The first-order chi connectivity index (χ1) is 13.0. The number of hydrogen-bond donors (Lipinski definition) is 2. The molecule has 0 bridgehead atoms. The summed E-state index contributed by atoms with van der Waals surface area (Å²) in [7, 11) is 0. The van der Waals surface area contributed by atoms with Crippen LogP contribution >= 0.6 is 11.6 Å².